The Kier molecular flexibility index (Phi) is 3.23. The predicted molar refractivity (Wildman–Crippen MR) is 55.6 cm³/mol. The van der Waals surface area contributed by atoms with Gasteiger partial charge in [0.15, 0.2) is 0 Å². The molecule has 0 saturated heterocycles. The summed E-state index contributed by atoms with van der Waals surface area (Å²) in [7, 11) is 1.71. The van der Waals surface area contributed by atoms with Gasteiger partial charge in [0.1, 0.15) is 0 Å². The first-order valence-electron chi connectivity index (χ1n) is 4.97. The summed E-state index contributed by atoms with van der Waals surface area (Å²) in [6, 6.07) is 0. The number of hydrogen-bond acceptors (Lipinski definition) is 3. The van der Waals surface area contributed by atoms with Crippen LogP contribution in [0, 0.1) is 0 Å². The van der Waals surface area contributed by atoms with Gasteiger partial charge < -0.3 is 10.1 Å². The Hall–Kier alpha value is -0.590. The van der Waals surface area contributed by atoms with Crippen LogP contribution in [0.25, 0.3) is 0 Å². The number of hydrogen-bond donors (Lipinski definition) is 1. The van der Waals surface area contributed by atoms with Gasteiger partial charge in [0, 0.05) is 28.8 Å². The maximum atomic E-state index is 12.8. The van der Waals surface area contributed by atoms with Crippen molar-refractivity contribution in [3.63, 3.8) is 0 Å². The standard InChI is InChI=1S/C10H12F3NOS/c1-14-4-7-9-6(10(11,12)13)5-16-8(9)2-3-15-7/h5,7,14H,2-4H2,1H3/t7-/m0/s1. The first-order valence-corrected chi connectivity index (χ1v) is 5.85. The molecule has 0 aromatic carbocycles. The van der Waals surface area contributed by atoms with Gasteiger partial charge >= 0.3 is 6.18 Å². The summed E-state index contributed by atoms with van der Waals surface area (Å²) in [5.74, 6) is 0. The van der Waals surface area contributed by atoms with E-state index in [2.05, 4.69) is 5.32 Å². The van der Waals surface area contributed by atoms with Gasteiger partial charge in [-0.3, -0.25) is 0 Å². The summed E-state index contributed by atoms with van der Waals surface area (Å²) >= 11 is 1.18. The lowest BCUT2D eigenvalue weighted by atomic mass is 10.0. The summed E-state index contributed by atoms with van der Waals surface area (Å²) in [6.45, 7) is 0.907. The molecule has 1 N–H and O–H groups in total. The second-order valence-corrected chi connectivity index (χ2v) is 4.62. The minimum absolute atomic E-state index is 0.332. The quantitative estimate of drug-likeness (QED) is 0.872. The molecule has 16 heavy (non-hydrogen) atoms. The van der Waals surface area contributed by atoms with E-state index in [4.69, 9.17) is 4.74 Å². The molecule has 0 unspecified atom stereocenters. The molecule has 90 valence electrons. The number of thiophene rings is 1. The molecular weight excluding hydrogens is 239 g/mol. The molecular formula is C10H12F3NOS. The fraction of sp³-hybridized carbons (Fsp3) is 0.600. The maximum Gasteiger partial charge on any atom is 0.417 e. The van der Waals surface area contributed by atoms with E-state index in [1.165, 1.54) is 16.7 Å². The van der Waals surface area contributed by atoms with E-state index in [1.807, 2.05) is 0 Å². The Morgan fingerprint density at radius 1 is 1.56 bits per heavy atom. The molecule has 0 saturated carbocycles. The average Bonchev–Trinajstić information content (AvgIpc) is 2.62. The molecule has 2 rings (SSSR count). The molecule has 1 atom stereocenters. The highest BCUT2D eigenvalue weighted by Gasteiger charge is 2.39. The van der Waals surface area contributed by atoms with Crippen LogP contribution in [0.2, 0.25) is 0 Å². The molecule has 1 aromatic heterocycles. The lowest BCUT2D eigenvalue weighted by Gasteiger charge is -2.25. The van der Waals surface area contributed by atoms with E-state index >= 15 is 0 Å². The molecule has 0 amide bonds. The first-order chi connectivity index (χ1) is 7.54. The van der Waals surface area contributed by atoms with Gasteiger partial charge in [0.25, 0.3) is 0 Å². The van der Waals surface area contributed by atoms with Gasteiger partial charge in [-0.2, -0.15) is 13.2 Å². The van der Waals surface area contributed by atoms with Crippen molar-refractivity contribution in [1.82, 2.24) is 5.32 Å². The molecule has 0 radical (unpaired) electrons. The second-order valence-electron chi connectivity index (χ2n) is 3.65. The van der Waals surface area contributed by atoms with Crippen molar-refractivity contribution in [2.75, 3.05) is 20.2 Å². The fourth-order valence-electron chi connectivity index (χ4n) is 1.90. The van der Waals surface area contributed by atoms with Crippen molar-refractivity contribution in [2.45, 2.75) is 18.7 Å². The lowest BCUT2D eigenvalue weighted by molar-refractivity contribution is -0.139. The smallest absolute Gasteiger partial charge is 0.372 e. The summed E-state index contributed by atoms with van der Waals surface area (Å²) in [6.07, 6.45) is -4.18. The Morgan fingerprint density at radius 3 is 2.94 bits per heavy atom. The van der Waals surface area contributed by atoms with Crippen LogP contribution in [0.3, 0.4) is 0 Å². The zero-order chi connectivity index (χ0) is 11.8. The van der Waals surface area contributed by atoms with E-state index in [-0.39, 0.29) is 0 Å². The predicted octanol–water partition coefficient (Wildman–Crippen LogP) is 2.60. The highest BCUT2D eigenvalue weighted by molar-refractivity contribution is 7.10. The van der Waals surface area contributed by atoms with Gasteiger partial charge in [-0.05, 0) is 7.05 Å². The van der Waals surface area contributed by atoms with Crippen LogP contribution >= 0.6 is 11.3 Å². The molecule has 2 nitrogen and oxygen atoms in total. The summed E-state index contributed by atoms with van der Waals surface area (Å²) in [4.78, 5) is 0.804. The van der Waals surface area contributed by atoms with E-state index in [1.54, 1.807) is 7.05 Å². The van der Waals surface area contributed by atoms with Crippen molar-refractivity contribution in [3.05, 3.63) is 21.4 Å². The highest BCUT2D eigenvalue weighted by atomic mass is 32.1. The van der Waals surface area contributed by atoms with Gasteiger partial charge in [0.05, 0.1) is 18.3 Å². The molecule has 1 aromatic rings. The topological polar surface area (TPSA) is 21.3 Å². The molecule has 0 bridgehead atoms. The summed E-state index contributed by atoms with van der Waals surface area (Å²) in [5.41, 5.74) is -0.203. The molecule has 2 heterocycles. The Labute approximate surface area is 95.4 Å². The number of likely N-dealkylation sites (N-methyl/N-ethyl adjacent to an activating group) is 1. The first kappa shape index (κ1) is 11.9. The van der Waals surface area contributed by atoms with Crippen LogP contribution in [-0.4, -0.2) is 20.2 Å². The Balaban J connectivity index is 2.40. The molecule has 6 heteroatoms. The van der Waals surface area contributed by atoms with Crippen molar-refractivity contribution < 1.29 is 17.9 Å². The van der Waals surface area contributed by atoms with Crippen molar-refractivity contribution in [1.29, 1.82) is 0 Å². The average molecular weight is 251 g/mol. The lowest BCUT2D eigenvalue weighted by Crippen LogP contribution is -2.26. The Morgan fingerprint density at radius 2 is 2.31 bits per heavy atom. The van der Waals surface area contributed by atoms with Crippen molar-refractivity contribution in [3.8, 4) is 0 Å². The number of ether oxygens (including phenoxy) is 1. The zero-order valence-electron chi connectivity index (χ0n) is 8.73. The van der Waals surface area contributed by atoms with Crippen LogP contribution in [0.4, 0.5) is 13.2 Å². The summed E-state index contributed by atoms with van der Waals surface area (Å²) in [5, 5.41) is 4.06. The van der Waals surface area contributed by atoms with Crippen LogP contribution in [0.1, 0.15) is 22.1 Å². The monoisotopic (exact) mass is 251 g/mol. The fourth-order valence-corrected chi connectivity index (χ4v) is 2.99. The van der Waals surface area contributed by atoms with Crippen LogP contribution in [0.15, 0.2) is 5.38 Å². The van der Waals surface area contributed by atoms with E-state index in [0.29, 0.717) is 25.1 Å². The van der Waals surface area contributed by atoms with Crippen LogP contribution < -0.4 is 5.32 Å². The normalized spacial score (nSPS) is 20.9. The van der Waals surface area contributed by atoms with Crippen LogP contribution in [-0.2, 0) is 17.3 Å². The highest BCUT2D eigenvalue weighted by Crippen LogP contribution is 2.42. The SMILES string of the molecule is CNC[C@@H]1OCCc2scc(C(F)(F)F)c21. The summed E-state index contributed by atoms with van der Waals surface area (Å²) < 4.78 is 43.6. The van der Waals surface area contributed by atoms with Crippen molar-refractivity contribution >= 4 is 11.3 Å². The number of rotatable bonds is 2. The van der Waals surface area contributed by atoms with Gasteiger partial charge in [-0.1, -0.05) is 0 Å². The second kappa shape index (κ2) is 4.35. The third-order valence-electron chi connectivity index (χ3n) is 2.57. The van der Waals surface area contributed by atoms with Gasteiger partial charge in [0.2, 0.25) is 0 Å². The van der Waals surface area contributed by atoms with Crippen molar-refractivity contribution in [2.24, 2.45) is 0 Å². The number of halogens is 3. The minimum Gasteiger partial charge on any atom is -0.372 e. The number of alkyl halides is 3. The molecule has 0 aliphatic carbocycles. The third kappa shape index (κ3) is 2.09. The molecule has 0 fully saturated rings. The van der Waals surface area contributed by atoms with Gasteiger partial charge in [-0.15, -0.1) is 11.3 Å². The molecule has 0 spiro atoms. The van der Waals surface area contributed by atoms with E-state index < -0.39 is 17.8 Å². The third-order valence-corrected chi connectivity index (χ3v) is 3.64. The van der Waals surface area contributed by atoms with Gasteiger partial charge in [-0.25, -0.2) is 0 Å². The maximum absolute atomic E-state index is 12.8. The number of fused-ring (bicyclic) bond motifs is 1. The van der Waals surface area contributed by atoms with Crippen LogP contribution in [0.5, 0.6) is 0 Å². The largest absolute Gasteiger partial charge is 0.417 e. The molecule has 1 aliphatic heterocycles. The molecule has 1 aliphatic rings. The zero-order valence-corrected chi connectivity index (χ0v) is 9.54. The number of nitrogens with one attached hydrogen (secondary N) is 1. The van der Waals surface area contributed by atoms with E-state index in [9.17, 15) is 13.2 Å². The minimum atomic E-state index is -4.28. The van der Waals surface area contributed by atoms with E-state index in [0.717, 1.165) is 4.88 Å². The Bertz CT molecular complexity index is 375.